The first-order valence-electron chi connectivity index (χ1n) is 9.30. The van der Waals surface area contributed by atoms with Gasteiger partial charge in [-0.2, -0.15) is 0 Å². The van der Waals surface area contributed by atoms with E-state index < -0.39 is 0 Å². The summed E-state index contributed by atoms with van der Waals surface area (Å²) in [4.78, 5) is 25.0. The van der Waals surface area contributed by atoms with Crippen LogP contribution in [0.2, 0.25) is 0 Å². The minimum absolute atomic E-state index is 0.0599. The summed E-state index contributed by atoms with van der Waals surface area (Å²) >= 11 is 0. The highest BCUT2D eigenvalue weighted by Gasteiger charge is 2.22. The first-order valence-corrected chi connectivity index (χ1v) is 9.30. The van der Waals surface area contributed by atoms with Crippen LogP contribution < -0.4 is 16.0 Å². The summed E-state index contributed by atoms with van der Waals surface area (Å²) in [6.07, 6.45) is 0.367. The lowest BCUT2D eigenvalue weighted by atomic mass is 9.98. The van der Waals surface area contributed by atoms with Crippen molar-refractivity contribution in [3.05, 3.63) is 95.6 Å². The number of para-hydroxylation sites is 1. The van der Waals surface area contributed by atoms with Crippen molar-refractivity contribution in [2.24, 2.45) is 0 Å². The number of amides is 2. The largest absolute Gasteiger partial charge is 0.382 e. The predicted octanol–water partition coefficient (Wildman–Crippen LogP) is 3.96. The second-order valence-corrected chi connectivity index (χ2v) is 6.68. The Balaban J connectivity index is 1.68. The van der Waals surface area contributed by atoms with E-state index in [1.54, 1.807) is 18.2 Å². The van der Waals surface area contributed by atoms with Gasteiger partial charge in [0.2, 0.25) is 5.91 Å². The van der Waals surface area contributed by atoms with Crippen LogP contribution in [0.1, 0.15) is 33.9 Å². The Morgan fingerprint density at radius 1 is 0.857 bits per heavy atom. The number of nitrogens with one attached hydrogen (secondary N) is 3. The summed E-state index contributed by atoms with van der Waals surface area (Å²) in [5.41, 5.74) is 3.81. The van der Waals surface area contributed by atoms with Crippen LogP contribution in [0.3, 0.4) is 0 Å². The highest BCUT2D eigenvalue weighted by Crippen LogP contribution is 2.29. The zero-order valence-corrected chi connectivity index (χ0v) is 15.3. The zero-order chi connectivity index (χ0) is 19.3. The van der Waals surface area contributed by atoms with Crippen molar-refractivity contribution in [3.8, 4) is 0 Å². The van der Waals surface area contributed by atoms with Gasteiger partial charge in [0.15, 0.2) is 0 Å². The second kappa shape index (κ2) is 7.96. The van der Waals surface area contributed by atoms with Gasteiger partial charge in [0.25, 0.3) is 5.91 Å². The third-order valence-electron chi connectivity index (χ3n) is 4.78. The number of hydrogen-bond acceptors (Lipinski definition) is 3. The van der Waals surface area contributed by atoms with Crippen molar-refractivity contribution in [1.29, 1.82) is 0 Å². The van der Waals surface area contributed by atoms with Crippen LogP contribution in [-0.2, 0) is 4.79 Å². The monoisotopic (exact) mass is 371 g/mol. The number of rotatable bonds is 4. The molecule has 0 radical (unpaired) electrons. The van der Waals surface area contributed by atoms with Gasteiger partial charge in [-0.05, 0) is 23.3 Å². The van der Waals surface area contributed by atoms with Gasteiger partial charge >= 0.3 is 0 Å². The Kier molecular flexibility index (Phi) is 5.06. The molecule has 3 aromatic carbocycles. The van der Waals surface area contributed by atoms with E-state index in [1.807, 2.05) is 60.7 Å². The van der Waals surface area contributed by atoms with Crippen molar-refractivity contribution in [3.63, 3.8) is 0 Å². The van der Waals surface area contributed by atoms with Gasteiger partial charge in [-0.3, -0.25) is 9.59 Å². The van der Waals surface area contributed by atoms with Crippen LogP contribution in [0.25, 0.3) is 0 Å². The molecule has 5 nitrogen and oxygen atoms in total. The molecule has 0 spiro atoms. The number of anilines is 2. The normalized spacial score (nSPS) is 13.1. The van der Waals surface area contributed by atoms with E-state index in [0.717, 1.165) is 11.1 Å². The summed E-state index contributed by atoms with van der Waals surface area (Å²) < 4.78 is 0. The molecule has 0 saturated heterocycles. The lowest BCUT2D eigenvalue weighted by molar-refractivity contribution is -0.115. The quantitative estimate of drug-likeness (QED) is 0.650. The van der Waals surface area contributed by atoms with Gasteiger partial charge in [0.1, 0.15) is 0 Å². The molecule has 28 heavy (non-hydrogen) atoms. The van der Waals surface area contributed by atoms with E-state index in [1.165, 1.54) is 0 Å². The average Bonchev–Trinajstić information content (AvgIpc) is 2.93. The molecule has 0 saturated carbocycles. The Morgan fingerprint density at radius 2 is 1.50 bits per heavy atom. The van der Waals surface area contributed by atoms with Gasteiger partial charge in [-0.15, -0.1) is 0 Å². The first kappa shape index (κ1) is 17.8. The lowest BCUT2D eigenvalue weighted by Crippen LogP contribution is -2.30. The van der Waals surface area contributed by atoms with E-state index in [4.69, 9.17) is 0 Å². The van der Waals surface area contributed by atoms with E-state index in [0.29, 0.717) is 29.9 Å². The maximum Gasteiger partial charge on any atom is 0.254 e. The maximum absolute atomic E-state index is 13.2. The number of carbonyl (C=O) groups is 2. The molecule has 1 aliphatic heterocycles. The average molecular weight is 371 g/mol. The Labute approximate surface area is 163 Å². The maximum atomic E-state index is 13.2. The van der Waals surface area contributed by atoms with E-state index in [-0.39, 0.29) is 17.9 Å². The highest BCUT2D eigenvalue weighted by molar-refractivity contribution is 6.06. The molecule has 140 valence electrons. The number of carbonyl (C=O) groups excluding carboxylic acids is 2. The third-order valence-corrected chi connectivity index (χ3v) is 4.78. The molecule has 2 amide bonds. The molecule has 3 aromatic rings. The van der Waals surface area contributed by atoms with Crippen LogP contribution in [0.4, 0.5) is 11.4 Å². The predicted molar refractivity (Wildman–Crippen MR) is 110 cm³/mol. The molecule has 3 N–H and O–H groups in total. The van der Waals surface area contributed by atoms with Gasteiger partial charge < -0.3 is 16.0 Å². The van der Waals surface area contributed by atoms with Crippen molar-refractivity contribution in [2.45, 2.75) is 12.5 Å². The molecule has 4 rings (SSSR count). The van der Waals surface area contributed by atoms with E-state index in [9.17, 15) is 9.59 Å². The van der Waals surface area contributed by atoms with E-state index in [2.05, 4.69) is 16.0 Å². The van der Waals surface area contributed by atoms with Crippen molar-refractivity contribution in [1.82, 2.24) is 5.32 Å². The molecule has 0 bridgehead atoms. The summed E-state index contributed by atoms with van der Waals surface area (Å²) in [5, 5.41) is 9.22. The Morgan fingerprint density at radius 3 is 2.14 bits per heavy atom. The standard InChI is InChI=1S/C23H21N3O2/c27-20-14-15-24-22-18(12-7-13-19(22)25-20)23(28)26-21(16-8-3-1-4-9-16)17-10-5-2-6-11-17/h1-13,21,24H,14-15H2,(H,25,27)(H,26,28). The molecule has 0 unspecified atom stereocenters. The summed E-state index contributed by atoms with van der Waals surface area (Å²) in [5.74, 6) is -0.256. The smallest absolute Gasteiger partial charge is 0.254 e. The molecule has 0 atom stereocenters. The van der Waals surface area contributed by atoms with Crippen LogP contribution in [-0.4, -0.2) is 18.4 Å². The Bertz CT molecular complexity index is 948. The van der Waals surface area contributed by atoms with Crippen LogP contribution in [0, 0.1) is 0 Å². The summed E-state index contributed by atoms with van der Waals surface area (Å²) in [6.45, 7) is 0.490. The number of benzene rings is 3. The molecule has 1 aliphatic rings. The fourth-order valence-electron chi connectivity index (χ4n) is 3.41. The van der Waals surface area contributed by atoms with Gasteiger partial charge in [-0.1, -0.05) is 66.7 Å². The third kappa shape index (κ3) is 3.74. The molecule has 0 fully saturated rings. The number of fused-ring (bicyclic) bond motifs is 1. The van der Waals surface area contributed by atoms with Crippen molar-refractivity contribution >= 4 is 23.2 Å². The Hall–Kier alpha value is -3.60. The fourth-order valence-corrected chi connectivity index (χ4v) is 3.41. The minimum atomic E-state index is -0.272. The molecule has 0 aromatic heterocycles. The SMILES string of the molecule is O=C1CCNc2c(cccc2C(=O)NC(c2ccccc2)c2ccccc2)N1. The minimum Gasteiger partial charge on any atom is -0.382 e. The molecule has 1 heterocycles. The lowest BCUT2D eigenvalue weighted by Gasteiger charge is -2.21. The van der Waals surface area contributed by atoms with Crippen molar-refractivity contribution < 1.29 is 9.59 Å². The zero-order valence-electron chi connectivity index (χ0n) is 15.3. The van der Waals surface area contributed by atoms with Gasteiger partial charge in [-0.25, -0.2) is 0 Å². The topological polar surface area (TPSA) is 70.2 Å². The van der Waals surface area contributed by atoms with Gasteiger partial charge in [0, 0.05) is 13.0 Å². The van der Waals surface area contributed by atoms with E-state index >= 15 is 0 Å². The second-order valence-electron chi connectivity index (χ2n) is 6.68. The summed E-state index contributed by atoms with van der Waals surface area (Å²) in [6, 6.07) is 24.8. The fraction of sp³-hybridized carbons (Fsp3) is 0.130. The molecular weight excluding hydrogens is 350 g/mol. The molecular formula is C23H21N3O2. The van der Waals surface area contributed by atoms with Crippen LogP contribution in [0.15, 0.2) is 78.9 Å². The molecule has 5 heteroatoms. The highest BCUT2D eigenvalue weighted by atomic mass is 16.2. The molecule has 0 aliphatic carbocycles. The summed E-state index contributed by atoms with van der Waals surface area (Å²) in [7, 11) is 0. The van der Waals surface area contributed by atoms with Crippen LogP contribution in [0.5, 0.6) is 0 Å². The van der Waals surface area contributed by atoms with Crippen LogP contribution >= 0.6 is 0 Å². The number of hydrogen-bond donors (Lipinski definition) is 3. The first-order chi connectivity index (χ1) is 13.7. The van der Waals surface area contributed by atoms with Crippen molar-refractivity contribution in [2.75, 3.05) is 17.2 Å². The van der Waals surface area contributed by atoms with Gasteiger partial charge in [0.05, 0.1) is 23.0 Å².